The van der Waals surface area contributed by atoms with Gasteiger partial charge in [0.1, 0.15) is 11.7 Å². The molecule has 8 heteroatoms. The van der Waals surface area contributed by atoms with Crippen molar-refractivity contribution < 1.29 is 24.2 Å². The standard InChI is InChI=1S/C27H39N3O5/c1-18(2)7-6-8-21-13-23-25(28-14-21)35-24(19(3)15-30(27(23)33)20(4)17-31)16-29(5)26(32)22-9-11-34-12-10-22/h13-14,18-20,22,24,31H,7,9-12,15-17H2,1-5H3/t19-,20-,24+/m0/s1. The van der Waals surface area contributed by atoms with Crippen LogP contribution in [0, 0.1) is 29.6 Å². The van der Waals surface area contributed by atoms with Crippen molar-refractivity contribution in [2.45, 2.75) is 59.1 Å². The van der Waals surface area contributed by atoms with Crippen LogP contribution in [0.3, 0.4) is 0 Å². The van der Waals surface area contributed by atoms with E-state index in [2.05, 4.69) is 30.7 Å². The molecule has 1 N–H and O–H groups in total. The third kappa shape index (κ3) is 6.96. The number of hydrogen-bond donors (Lipinski definition) is 1. The lowest BCUT2D eigenvalue weighted by atomic mass is 9.97. The summed E-state index contributed by atoms with van der Waals surface area (Å²) in [5.74, 6) is 6.64. The van der Waals surface area contributed by atoms with Gasteiger partial charge in [0.2, 0.25) is 11.8 Å². The fourth-order valence-corrected chi connectivity index (χ4v) is 4.36. The summed E-state index contributed by atoms with van der Waals surface area (Å²) in [6.45, 7) is 9.86. The molecule has 2 aliphatic rings. The molecule has 35 heavy (non-hydrogen) atoms. The molecule has 1 aromatic rings. The number of ether oxygens (including phenoxy) is 2. The lowest BCUT2D eigenvalue weighted by molar-refractivity contribution is -0.138. The maximum atomic E-state index is 13.5. The fourth-order valence-electron chi connectivity index (χ4n) is 4.36. The molecule has 1 aromatic heterocycles. The number of amides is 2. The van der Waals surface area contributed by atoms with Gasteiger partial charge in [-0.15, -0.1) is 0 Å². The van der Waals surface area contributed by atoms with E-state index in [-0.39, 0.29) is 48.3 Å². The Kier molecular flexibility index (Phi) is 9.53. The van der Waals surface area contributed by atoms with Crippen LogP contribution in [0.25, 0.3) is 0 Å². The molecule has 2 amide bonds. The number of fused-ring (bicyclic) bond motifs is 1. The van der Waals surface area contributed by atoms with Crippen LogP contribution in [-0.2, 0) is 9.53 Å². The van der Waals surface area contributed by atoms with Crippen LogP contribution in [0.5, 0.6) is 5.88 Å². The molecular weight excluding hydrogens is 446 g/mol. The van der Waals surface area contributed by atoms with E-state index in [9.17, 15) is 14.7 Å². The van der Waals surface area contributed by atoms with E-state index < -0.39 is 0 Å². The Morgan fingerprint density at radius 2 is 2.03 bits per heavy atom. The topological polar surface area (TPSA) is 92.2 Å². The van der Waals surface area contributed by atoms with Crippen molar-refractivity contribution in [2.24, 2.45) is 17.8 Å². The molecule has 0 bridgehead atoms. The van der Waals surface area contributed by atoms with Crippen molar-refractivity contribution >= 4 is 11.8 Å². The normalized spacial score (nSPS) is 21.8. The van der Waals surface area contributed by atoms with E-state index in [0.29, 0.717) is 43.3 Å². The number of rotatable bonds is 6. The van der Waals surface area contributed by atoms with Crippen molar-refractivity contribution in [3.05, 3.63) is 23.4 Å². The summed E-state index contributed by atoms with van der Waals surface area (Å²) in [4.78, 5) is 34.4. The monoisotopic (exact) mass is 485 g/mol. The molecule has 2 aliphatic heterocycles. The number of carbonyl (C=O) groups excluding carboxylic acids is 2. The summed E-state index contributed by atoms with van der Waals surface area (Å²) in [6, 6.07) is 1.35. The fraction of sp³-hybridized carbons (Fsp3) is 0.667. The minimum absolute atomic E-state index is 0.0394. The molecule has 0 saturated carbocycles. The summed E-state index contributed by atoms with van der Waals surface area (Å²) in [6.07, 6.45) is 3.47. The lowest BCUT2D eigenvalue weighted by Gasteiger charge is -2.38. The first-order chi connectivity index (χ1) is 16.7. The predicted molar refractivity (Wildman–Crippen MR) is 133 cm³/mol. The van der Waals surface area contributed by atoms with Gasteiger partial charge in [-0.1, -0.05) is 32.6 Å². The van der Waals surface area contributed by atoms with Crippen molar-refractivity contribution in [3.8, 4) is 17.7 Å². The van der Waals surface area contributed by atoms with Gasteiger partial charge in [-0.3, -0.25) is 9.59 Å². The number of carbonyl (C=O) groups is 2. The molecule has 3 atom stereocenters. The first kappa shape index (κ1) is 27.0. The van der Waals surface area contributed by atoms with E-state index in [0.717, 1.165) is 19.3 Å². The third-order valence-corrected chi connectivity index (χ3v) is 6.66. The first-order valence-corrected chi connectivity index (χ1v) is 12.6. The number of aromatic nitrogens is 1. The highest BCUT2D eigenvalue weighted by molar-refractivity contribution is 5.97. The maximum Gasteiger partial charge on any atom is 0.259 e. The first-order valence-electron chi connectivity index (χ1n) is 12.6. The molecule has 0 spiro atoms. The second kappa shape index (κ2) is 12.4. The maximum absolute atomic E-state index is 13.5. The second-order valence-corrected chi connectivity index (χ2v) is 10.2. The van der Waals surface area contributed by atoms with Crippen LogP contribution in [0.2, 0.25) is 0 Å². The molecule has 192 valence electrons. The number of nitrogens with zero attached hydrogens (tertiary/aromatic N) is 3. The molecular formula is C27H39N3O5. The van der Waals surface area contributed by atoms with Crippen LogP contribution >= 0.6 is 0 Å². The molecule has 0 radical (unpaired) electrons. The van der Waals surface area contributed by atoms with Gasteiger partial charge >= 0.3 is 0 Å². The average Bonchev–Trinajstić information content (AvgIpc) is 2.85. The molecule has 1 fully saturated rings. The summed E-state index contributed by atoms with van der Waals surface area (Å²) >= 11 is 0. The quantitative estimate of drug-likeness (QED) is 0.623. The minimum atomic E-state index is -0.367. The van der Waals surface area contributed by atoms with Gasteiger partial charge < -0.3 is 24.4 Å². The number of likely N-dealkylation sites (N-methyl/N-ethyl adjacent to an activating group) is 1. The van der Waals surface area contributed by atoms with Crippen LogP contribution in [0.4, 0.5) is 0 Å². The Morgan fingerprint density at radius 1 is 1.31 bits per heavy atom. The number of hydrogen-bond acceptors (Lipinski definition) is 6. The summed E-state index contributed by atoms with van der Waals surface area (Å²) in [5.41, 5.74) is 0.979. The predicted octanol–water partition coefficient (Wildman–Crippen LogP) is 2.58. The van der Waals surface area contributed by atoms with Crippen LogP contribution < -0.4 is 4.74 Å². The van der Waals surface area contributed by atoms with E-state index in [1.165, 1.54) is 0 Å². The van der Waals surface area contributed by atoms with Gasteiger partial charge in [-0.2, -0.15) is 0 Å². The molecule has 0 aliphatic carbocycles. The van der Waals surface area contributed by atoms with E-state index >= 15 is 0 Å². The summed E-state index contributed by atoms with van der Waals surface area (Å²) < 4.78 is 11.7. The van der Waals surface area contributed by atoms with Crippen molar-refractivity contribution in [1.82, 2.24) is 14.8 Å². The number of aliphatic hydroxyl groups excluding tert-OH is 1. The van der Waals surface area contributed by atoms with Gasteiger partial charge in [-0.25, -0.2) is 4.98 Å². The van der Waals surface area contributed by atoms with Gasteiger partial charge in [0.15, 0.2) is 0 Å². The van der Waals surface area contributed by atoms with E-state index in [1.807, 2.05) is 13.8 Å². The highest BCUT2D eigenvalue weighted by Gasteiger charge is 2.35. The van der Waals surface area contributed by atoms with Crippen molar-refractivity contribution in [1.29, 1.82) is 0 Å². The molecule has 8 nitrogen and oxygen atoms in total. The molecule has 1 saturated heterocycles. The average molecular weight is 486 g/mol. The summed E-state index contributed by atoms with van der Waals surface area (Å²) in [5, 5.41) is 9.83. The summed E-state index contributed by atoms with van der Waals surface area (Å²) in [7, 11) is 1.80. The molecule has 3 rings (SSSR count). The Labute approximate surface area is 209 Å². The zero-order chi connectivity index (χ0) is 25.5. The molecule has 0 unspecified atom stereocenters. The highest BCUT2D eigenvalue weighted by Crippen LogP contribution is 2.28. The Balaban J connectivity index is 1.88. The van der Waals surface area contributed by atoms with Gasteiger partial charge in [0, 0.05) is 56.8 Å². The Hall–Kier alpha value is -2.63. The zero-order valence-corrected chi connectivity index (χ0v) is 21.6. The van der Waals surface area contributed by atoms with E-state index in [4.69, 9.17) is 9.47 Å². The lowest BCUT2D eigenvalue weighted by Crippen LogP contribution is -2.51. The zero-order valence-electron chi connectivity index (χ0n) is 21.6. The third-order valence-electron chi connectivity index (χ3n) is 6.66. The largest absolute Gasteiger partial charge is 0.472 e. The van der Waals surface area contributed by atoms with Crippen molar-refractivity contribution in [2.75, 3.05) is 40.0 Å². The van der Waals surface area contributed by atoms with Gasteiger partial charge in [0.25, 0.3) is 5.91 Å². The Bertz CT molecular complexity index is 948. The SMILES string of the molecule is CC(C)CC#Cc1cnc2c(c1)C(=O)N([C@@H](C)CO)C[C@H](C)[C@@H](CN(C)C(=O)C1CCOCC1)O2. The van der Waals surface area contributed by atoms with Gasteiger partial charge in [0.05, 0.1) is 19.2 Å². The van der Waals surface area contributed by atoms with Crippen LogP contribution in [0.1, 0.15) is 62.9 Å². The van der Waals surface area contributed by atoms with Crippen LogP contribution in [0.15, 0.2) is 12.3 Å². The van der Waals surface area contributed by atoms with Crippen LogP contribution in [-0.4, -0.2) is 83.8 Å². The smallest absolute Gasteiger partial charge is 0.259 e. The van der Waals surface area contributed by atoms with Gasteiger partial charge in [-0.05, 0) is 31.7 Å². The number of aliphatic hydroxyl groups is 1. The Morgan fingerprint density at radius 3 is 2.69 bits per heavy atom. The highest BCUT2D eigenvalue weighted by atomic mass is 16.5. The molecule has 3 heterocycles. The number of pyridine rings is 1. The minimum Gasteiger partial charge on any atom is -0.472 e. The molecule has 0 aromatic carbocycles. The second-order valence-electron chi connectivity index (χ2n) is 10.2. The van der Waals surface area contributed by atoms with Crippen molar-refractivity contribution in [3.63, 3.8) is 0 Å². The van der Waals surface area contributed by atoms with E-state index in [1.54, 1.807) is 29.1 Å².